The van der Waals surface area contributed by atoms with Crippen LogP contribution < -0.4 is 5.73 Å². The molecule has 84 valence electrons. The minimum atomic E-state index is 0.704. The van der Waals surface area contributed by atoms with Crippen molar-refractivity contribution >= 4 is 5.69 Å². The molecule has 2 aromatic rings. The third kappa shape index (κ3) is 1.66. The molecular weight excluding hydrogens is 200 g/mol. The van der Waals surface area contributed by atoms with Gasteiger partial charge in [-0.3, -0.25) is 0 Å². The molecule has 0 radical (unpaired) electrons. The molecule has 0 saturated heterocycles. The van der Waals surface area contributed by atoms with Crippen molar-refractivity contribution in [2.75, 3.05) is 5.73 Å². The first-order valence-electron chi connectivity index (χ1n) is 5.40. The third-order valence-corrected chi connectivity index (χ3v) is 2.78. The average Bonchev–Trinajstić information content (AvgIpc) is 2.54. The number of pyridine rings is 1. The van der Waals surface area contributed by atoms with Crippen molar-refractivity contribution in [3.63, 3.8) is 0 Å². The first-order chi connectivity index (χ1) is 7.63. The first-order valence-corrected chi connectivity index (χ1v) is 5.40. The normalized spacial score (nSPS) is 10.7. The van der Waals surface area contributed by atoms with E-state index in [2.05, 4.69) is 23.9 Å². The van der Waals surface area contributed by atoms with Crippen LogP contribution in [-0.4, -0.2) is 14.8 Å². The fraction of sp³-hybridized carbons (Fsp3) is 0.333. The van der Waals surface area contributed by atoms with Gasteiger partial charge in [0.25, 0.3) is 0 Å². The van der Waals surface area contributed by atoms with E-state index in [1.807, 2.05) is 17.7 Å². The van der Waals surface area contributed by atoms with Crippen LogP contribution in [0.15, 0.2) is 18.3 Å². The maximum atomic E-state index is 5.74. The zero-order chi connectivity index (χ0) is 11.7. The lowest BCUT2D eigenvalue weighted by molar-refractivity contribution is 0.805. The van der Waals surface area contributed by atoms with Crippen molar-refractivity contribution in [2.45, 2.75) is 27.2 Å². The van der Waals surface area contributed by atoms with Crippen molar-refractivity contribution in [1.29, 1.82) is 0 Å². The van der Waals surface area contributed by atoms with Crippen molar-refractivity contribution in [2.24, 2.45) is 0 Å². The molecule has 0 spiro atoms. The van der Waals surface area contributed by atoms with Crippen LogP contribution in [0.4, 0.5) is 5.69 Å². The van der Waals surface area contributed by atoms with Gasteiger partial charge in [-0.2, -0.15) is 5.10 Å². The lowest BCUT2D eigenvalue weighted by atomic mass is 10.1. The molecule has 4 heteroatoms. The third-order valence-electron chi connectivity index (χ3n) is 2.78. The van der Waals surface area contributed by atoms with E-state index in [0.717, 1.165) is 23.6 Å². The van der Waals surface area contributed by atoms with E-state index in [-0.39, 0.29) is 0 Å². The highest BCUT2D eigenvalue weighted by Gasteiger charge is 2.11. The minimum Gasteiger partial charge on any atom is -0.399 e. The summed E-state index contributed by atoms with van der Waals surface area (Å²) in [6.07, 6.45) is 2.69. The maximum Gasteiger partial charge on any atom is 0.155 e. The summed E-state index contributed by atoms with van der Waals surface area (Å²) in [6, 6.07) is 3.61. The molecule has 2 heterocycles. The van der Waals surface area contributed by atoms with Gasteiger partial charge in [0, 0.05) is 23.6 Å². The van der Waals surface area contributed by atoms with Crippen LogP contribution >= 0.6 is 0 Å². The SMILES string of the molecule is CCc1c(C)nn(-c2cc(N)ccn2)c1C. The number of nitrogen functional groups attached to an aromatic ring is 1. The van der Waals surface area contributed by atoms with Gasteiger partial charge in [0.1, 0.15) is 0 Å². The molecule has 0 aliphatic rings. The number of nitrogens with zero attached hydrogens (tertiary/aromatic N) is 3. The maximum absolute atomic E-state index is 5.74. The molecule has 0 saturated carbocycles. The second kappa shape index (κ2) is 3.96. The highest BCUT2D eigenvalue weighted by molar-refractivity contribution is 5.44. The Balaban J connectivity index is 2.56. The molecular formula is C12H16N4. The van der Waals surface area contributed by atoms with E-state index in [9.17, 15) is 0 Å². The highest BCUT2D eigenvalue weighted by atomic mass is 15.3. The van der Waals surface area contributed by atoms with Gasteiger partial charge in [-0.25, -0.2) is 9.67 Å². The van der Waals surface area contributed by atoms with E-state index in [4.69, 9.17) is 5.73 Å². The van der Waals surface area contributed by atoms with Crippen molar-refractivity contribution in [1.82, 2.24) is 14.8 Å². The number of hydrogen-bond acceptors (Lipinski definition) is 3. The Kier molecular flexibility index (Phi) is 2.64. The van der Waals surface area contributed by atoms with Crippen LogP contribution in [0, 0.1) is 13.8 Å². The van der Waals surface area contributed by atoms with Crippen LogP contribution in [0.1, 0.15) is 23.9 Å². The number of anilines is 1. The Hall–Kier alpha value is -1.84. The van der Waals surface area contributed by atoms with E-state index < -0.39 is 0 Å². The van der Waals surface area contributed by atoms with Crippen LogP contribution in [-0.2, 0) is 6.42 Å². The molecule has 2 N–H and O–H groups in total. The summed E-state index contributed by atoms with van der Waals surface area (Å²) in [5.41, 5.74) is 9.92. The van der Waals surface area contributed by atoms with Crippen LogP contribution in [0.25, 0.3) is 5.82 Å². The summed E-state index contributed by atoms with van der Waals surface area (Å²) in [5, 5.41) is 4.49. The second-order valence-corrected chi connectivity index (χ2v) is 3.86. The molecule has 0 aliphatic heterocycles. The molecule has 0 bridgehead atoms. The van der Waals surface area contributed by atoms with E-state index in [0.29, 0.717) is 5.69 Å². The van der Waals surface area contributed by atoms with Crippen LogP contribution in [0.5, 0.6) is 0 Å². The zero-order valence-electron chi connectivity index (χ0n) is 9.86. The summed E-state index contributed by atoms with van der Waals surface area (Å²) < 4.78 is 1.85. The molecule has 0 aromatic carbocycles. The number of hydrogen-bond donors (Lipinski definition) is 1. The Labute approximate surface area is 95.1 Å². The fourth-order valence-corrected chi connectivity index (χ4v) is 1.96. The van der Waals surface area contributed by atoms with Gasteiger partial charge >= 0.3 is 0 Å². The summed E-state index contributed by atoms with van der Waals surface area (Å²) in [7, 11) is 0. The van der Waals surface area contributed by atoms with Crippen molar-refractivity contribution in [3.8, 4) is 5.82 Å². The predicted molar refractivity (Wildman–Crippen MR) is 64.6 cm³/mol. The Bertz CT molecular complexity index is 514. The van der Waals surface area contributed by atoms with E-state index >= 15 is 0 Å². The minimum absolute atomic E-state index is 0.704. The topological polar surface area (TPSA) is 56.7 Å². The standard InChI is InChI=1S/C12H16N4/c1-4-11-8(2)15-16(9(11)3)12-7-10(13)5-6-14-12/h5-7H,4H2,1-3H3,(H2,13,14). The van der Waals surface area contributed by atoms with Gasteiger partial charge in [0.2, 0.25) is 0 Å². The number of nitrogens with two attached hydrogens (primary N) is 1. The van der Waals surface area contributed by atoms with Gasteiger partial charge in [-0.05, 0) is 31.9 Å². The lowest BCUT2D eigenvalue weighted by Crippen LogP contribution is -2.02. The largest absolute Gasteiger partial charge is 0.399 e. The number of aryl methyl sites for hydroxylation is 1. The van der Waals surface area contributed by atoms with E-state index in [1.165, 1.54) is 5.56 Å². The number of rotatable bonds is 2. The Morgan fingerprint density at radius 2 is 2.12 bits per heavy atom. The molecule has 0 fully saturated rings. The first kappa shape index (κ1) is 10.7. The van der Waals surface area contributed by atoms with Crippen molar-refractivity contribution in [3.05, 3.63) is 35.3 Å². The van der Waals surface area contributed by atoms with Gasteiger partial charge in [-0.1, -0.05) is 6.92 Å². The molecule has 0 unspecified atom stereocenters. The summed E-state index contributed by atoms with van der Waals surface area (Å²) >= 11 is 0. The molecule has 0 aliphatic carbocycles. The van der Waals surface area contributed by atoms with Crippen LogP contribution in [0.3, 0.4) is 0 Å². The molecule has 2 aromatic heterocycles. The van der Waals surface area contributed by atoms with E-state index in [1.54, 1.807) is 12.3 Å². The van der Waals surface area contributed by atoms with Gasteiger partial charge in [-0.15, -0.1) is 0 Å². The van der Waals surface area contributed by atoms with Crippen LogP contribution in [0.2, 0.25) is 0 Å². The molecule has 4 nitrogen and oxygen atoms in total. The summed E-state index contributed by atoms with van der Waals surface area (Å²) in [6.45, 7) is 6.21. The molecule has 16 heavy (non-hydrogen) atoms. The monoisotopic (exact) mass is 216 g/mol. The summed E-state index contributed by atoms with van der Waals surface area (Å²) in [4.78, 5) is 4.28. The fourth-order valence-electron chi connectivity index (χ4n) is 1.96. The van der Waals surface area contributed by atoms with Gasteiger partial charge < -0.3 is 5.73 Å². The quantitative estimate of drug-likeness (QED) is 0.835. The number of aromatic nitrogens is 3. The molecule has 0 atom stereocenters. The molecule has 0 amide bonds. The van der Waals surface area contributed by atoms with Gasteiger partial charge in [0.15, 0.2) is 5.82 Å². The van der Waals surface area contributed by atoms with Gasteiger partial charge in [0.05, 0.1) is 5.69 Å². The second-order valence-electron chi connectivity index (χ2n) is 3.86. The Morgan fingerprint density at radius 3 is 2.69 bits per heavy atom. The summed E-state index contributed by atoms with van der Waals surface area (Å²) in [5.74, 6) is 0.778. The zero-order valence-corrected chi connectivity index (χ0v) is 9.86. The average molecular weight is 216 g/mol. The molecule has 2 rings (SSSR count). The Morgan fingerprint density at radius 1 is 1.38 bits per heavy atom. The smallest absolute Gasteiger partial charge is 0.155 e. The predicted octanol–water partition coefficient (Wildman–Crippen LogP) is 2.03. The highest BCUT2D eigenvalue weighted by Crippen LogP contribution is 2.17. The van der Waals surface area contributed by atoms with Crippen molar-refractivity contribution < 1.29 is 0 Å². The lowest BCUT2D eigenvalue weighted by Gasteiger charge is -2.04.